The Morgan fingerprint density at radius 2 is 2.17 bits per heavy atom. The molecule has 0 spiro atoms. The highest BCUT2D eigenvalue weighted by molar-refractivity contribution is 14.0. The lowest BCUT2D eigenvalue weighted by Crippen LogP contribution is -2.40. The molecule has 0 bridgehead atoms. The second kappa shape index (κ2) is 10.8. The number of nitrogens with zero attached hydrogens (tertiary/aromatic N) is 2. The standard InChI is InChI=1S/C17H27FN4.HI/c1-3-19-17(20-11-14-6-5-7-16(18)10-14)21-12-15-8-9-22(4-2)13-15;/h5-7,10,15H,3-4,8-9,11-13H2,1-2H3,(H2,19,20,21);1H. The van der Waals surface area contributed by atoms with E-state index in [9.17, 15) is 4.39 Å². The van der Waals surface area contributed by atoms with Crippen molar-refractivity contribution < 1.29 is 4.39 Å². The molecule has 1 aromatic carbocycles. The number of likely N-dealkylation sites (tertiary alicyclic amines) is 1. The summed E-state index contributed by atoms with van der Waals surface area (Å²) in [5, 5.41) is 6.66. The van der Waals surface area contributed by atoms with E-state index in [0.717, 1.165) is 37.7 Å². The molecular formula is C17H28FIN4. The normalized spacial score (nSPS) is 18.6. The van der Waals surface area contributed by atoms with Crippen LogP contribution in [0.5, 0.6) is 0 Å². The van der Waals surface area contributed by atoms with E-state index in [-0.39, 0.29) is 29.8 Å². The summed E-state index contributed by atoms with van der Waals surface area (Å²) in [7, 11) is 0. The maximum Gasteiger partial charge on any atom is 0.191 e. The topological polar surface area (TPSA) is 39.7 Å². The van der Waals surface area contributed by atoms with Crippen LogP contribution in [0.2, 0.25) is 0 Å². The highest BCUT2D eigenvalue weighted by atomic mass is 127. The van der Waals surface area contributed by atoms with E-state index < -0.39 is 0 Å². The molecule has 1 fully saturated rings. The fraction of sp³-hybridized carbons (Fsp3) is 0.588. The van der Waals surface area contributed by atoms with E-state index in [1.54, 1.807) is 6.07 Å². The quantitative estimate of drug-likeness (QED) is 0.411. The maximum absolute atomic E-state index is 13.2. The molecule has 1 aromatic rings. The molecule has 0 radical (unpaired) electrons. The number of benzene rings is 1. The summed E-state index contributed by atoms with van der Waals surface area (Å²) in [5.74, 6) is 1.27. The molecule has 6 heteroatoms. The summed E-state index contributed by atoms with van der Waals surface area (Å²) in [4.78, 5) is 7.01. The highest BCUT2D eigenvalue weighted by Crippen LogP contribution is 2.14. The SMILES string of the molecule is CCNC(=NCc1cccc(F)c1)NCC1CCN(CC)C1.I. The lowest BCUT2D eigenvalue weighted by Gasteiger charge is -2.16. The van der Waals surface area contributed by atoms with Crippen molar-refractivity contribution in [3.8, 4) is 0 Å². The second-order valence-corrected chi connectivity index (χ2v) is 5.75. The third kappa shape index (κ3) is 7.03. The monoisotopic (exact) mass is 434 g/mol. The molecular weight excluding hydrogens is 406 g/mol. The maximum atomic E-state index is 13.2. The molecule has 1 aliphatic heterocycles. The van der Waals surface area contributed by atoms with Crippen LogP contribution in [0.25, 0.3) is 0 Å². The van der Waals surface area contributed by atoms with E-state index >= 15 is 0 Å². The first-order chi connectivity index (χ1) is 10.7. The summed E-state index contributed by atoms with van der Waals surface area (Å²) in [5.41, 5.74) is 0.884. The minimum atomic E-state index is -0.212. The summed E-state index contributed by atoms with van der Waals surface area (Å²) in [6, 6.07) is 6.60. The molecule has 1 saturated heterocycles. The predicted molar refractivity (Wildman–Crippen MR) is 105 cm³/mol. The van der Waals surface area contributed by atoms with Gasteiger partial charge in [0.1, 0.15) is 5.82 Å². The zero-order valence-corrected chi connectivity index (χ0v) is 16.3. The van der Waals surface area contributed by atoms with Crippen LogP contribution >= 0.6 is 24.0 Å². The number of aliphatic imine (C=N–C) groups is 1. The molecule has 0 saturated carbocycles. The van der Waals surface area contributed by atoms with E-state index in [1.807, 2.05) is 13.0 Å². The number of halogens is 2. The van der Waals surface area contributed by atoms with Crippen LogP contribution in [0.1, 0.15) is 25.8 Å². The number of hydrogen-bond acceptors (Lipinski definition) is 2. The zero-order valence-electron chi connectivity index (χ0n) is 14.0. The lowest BCUT2D eigenvalue weighted by molar-refractivity contribution is 0.342. The Hall–Kier alpha value is -0.890. The number of nitrogens with one attached hydrogen (secondary N) is 2. The number of hydrogen-bond donors (Lipinski definition) is 2. The number of rotatable bonds is 6. The van der Waals surface area contributed by atoms with Crippen molar-refractivity contribution in [3.05, 3.63) is 35.6 Å². The van der Waals surface area contributed by atoms with E-state index in [1.165, 1.54) is 25.1 Å². The Kier molecular flexibility index (Phi) is 9.47. The van der Waals surface area contributed by atoms with Crippen LogP contribution < -0.4 is 10.6 Å². The Balaban J connectivity index is 0.00000264. The van der Waals surface area contributed by atoms with E-state index in [2.05, 4.69) is 27.4 Å². The fourth-order valence-corrected chi connectivity index (χ4v) is 2.76. The Bertz CT molecular complexity index is 495. The van der Waals surface area contributed by atoms with E-state index in [4.69, 9.17) is 0 Å². The van der Waals surface area contributed by atoms with Gasteiger partial charge in [-0.1, -0.05) is 19.1 Å². The van der Waals surface area contributed by atoms with Crippen molar-refractivity contribution in [2.24, 2.45) is 10.9 Å². The molecule has 1 atom stereocenters. The molecule has 4 nitrogen and oxygen atoms in total. The van der Waals surface area contributed by atoms with Gasteiger partial charge < -0.3 is 15.5 Å². The molecule has 130 valence electrons. The largest absolute Gasteiger partial charge is 0.357 e. The average molecular weight is 434 g/mol. The van der Waals surface area contributed by atoms with Crippen molar-refractivity contribution in [2.75, 3.05) is 32.7 Å². The molecule has 1 unspecified atom stereocenters. The molecule has 23 heavy (non-hydrogen) atoms. The minimum Gasteiger partial charge on any atom is -0.357 e. The van der Waals surface area contributed by atoms with Gasteiger partial charge in [0.05, 0.1) is 6.54 Å². The molecule has 2 rings (SSSR count). The average Bonchev–Trinajstić information content (AvgIpc) is 2.98. The van der Waals surface area contributed by atoms with Crippen molar-refractivity contribution >= 4 is 29.9 Å². The first-order valence-electron chi connectivity index (χ1n) is 8.20. The Morgan fingerprint density at radius 3 is 2.83 bits per heavy atom. The van der Waals surface area contributed by atoms with Crippen molar-refractivity contribution in [1.29, 1.82) is 0 Å². The van der Waals surface area contributed by atoms with Gasteiger partial charge in [0, 0.05) is 19.6 Å². The molecule has 0 amide bonds. The van der Waals surface area contributed by atoms with Gasteiger partial charge in [-0.2, -0.15) is 0 Å². The summed E-state index contributed by atoms with van der Waals surface area (Å²) in [6.07, 6.45) is 1.24. The molecule has 0 aliphatic carbocycles. The third-order valence-corrected chi connectivity index (χ3v) is 4.03. The highest BCUT2D eigenvalue weighted by Gasteiger charge is 2.20. The number of guanidine groups is 1. The smallest absolute Gasteiger partial charge is 0.191 e. The van der Waals surface area contributed by atoms with Gasteiger partial charge >= 0.3 is 0 Å². The Morgan fingerprint density at radius 1 is 1.35 bits per heavy atom. The van der Waals surface area contributed by atoms with Gasteiger partial charge in [-0.25, -0.2) is 9.38 Å². The molecule has 2 N–H and O–H groups in total. The summed E-state index contributed by atoms with van der Waals surface area (Å²) >= 11 is 0. The van der Waals surface area contributed by atoms with Crippen LogP contribution in [0, 0.1) is 11.7 Å². The lowest BCUT2D eigenvalue weighted by atomic mass is 10.1. The Labute approximate surface area is 156 Å². The van der Waals surface area contributed by atoms with Crippen LogP contribution in [0.3, 0.4) is 0 Å². The third-order valence-electron chi connectivity index (χ3n) is 4.03. The van der Waals surface area contributed by atoms with Crippen molar-refractivity contribution in [2.45, 2.75) is 26.8 Å². The van der Waals surface area contributed by atoms with Gasteiger partial charge in [-0.3, -0.25) is 0 Å². The van der Waals surface area contributed by atoms with Crippen LogP contribution in [0.15, 0.2) is 29.3 Å². The van der Waals surface area contributed by atoms with Gasteiger partial charge in [-0.05, 0) is 50.0 Å². The van der Waals surface area contributed by atoms with Gasteiger partial charge in [0.25, 0.3) is 0 Å². The van der Waals surface area contributed by atoms with Crippen molar-refractivity contribution in [3.63, 3.8) is 0 Å². The minimum absolute atomic E-state index is 0. The summed E-state index contributed by atoms with van der Waals surface area (Å²) < 4.78 is 13.2. The summed E-state index contributed by atoms with van der Waals surface area (Å²) in [6.45, 7) is 9.98. The van der Waals surface area contributed by atoms with Crippen LogP contribution in [-0.2, 0) is 6.54 Å². The predicted octanol–water partition coefficient (Wildman–Crippen LogP) is 2.84. The van der Waals surface area contributed by atoms with Gasteiger partial charge in [0.2, 0.25) is 0 Å². The van der Waals surface area contributed by atoms with Crippen LogP contribution in [0.4, 0.5) is 4.39 Å². The van der Waals surface area contributed by atoms with Crippen molar-refractivity contribution in [1.82, 2.24) is 15.5 Å². The van der Waals surface area contributed by atoms with Gasteiger partial charge in [-0.15, -0.1) is 24.0 Å². The van der Waals surface area contributed by atoms with Crippen LogP contribution in [-0.4, -0.2) is 43.6 Å². The first kappa shape index (κ1) is 20.2. The fourth-order valence-electron chi connectivity index (χ4n) is 2.76. The molecule has 1 heterocycles. The van der Waals surface area contributed by atoms with E-state index in [0.29, 0.717) is 12.5 Å². The molecule has 0 aromatic heterocycles. The van der Waals surface area contributed by atoms with Gasteiger partial charge in [0.15, 0.2) is 5.96 Å². The zero-order chi connectivity index (χ0) is 15.8. The second-order valence-electron chi connectivity index (χ2n) is 5.75. The molecule has 1 aliphatic rings. The first-order valence-corrected chi connectivity index (χ1v) is 8.20.